The third-order valence-electron chi connectivity index (χ3n) is 5.34. The monoisotopic (exact) mass is 427 g/mol. The number of ether oxygens (including phenoxy) is 1. The highest BCUT2D eigenvalue weighted by atomic mass is 32.2. The number of amides is 2. The smallest absolute Gasteiger partial charge is 0.332 e. The van der Waals surface area contributed by atoms with Gasteiger partial charge in [0.25, 0.3) is 0 Å². The van der Waals surface area contributed by atoms with E-state index < -0.39 is 15.7 Å². The van der Waals surface area contributed by atoms with Crippen molar-refractivity contribution in [2.75, 3.05) is 31.3 Å². The molecule has 1 aliphatic heterocycles. The maximum Gasteiger partial charge on any atom is 0.332 e. The zero-order chi connectivity index (χ0) is 20.9. The van der Waals surface area contributed by atoms with Crippen molar-refractivity contribution >= 4 is 15.9 Å². The first-order chi connectivity index (χ1) is 13.8. The van der Waals surface area contributed by atoms with Crippen molar-refractivity contribution in [3.05, 3.63) is 29.6 Å². The Morgan fingerprint density at radius 3 is 2.76 bits per heavy atom. The van der Waals surface area contributed by atoms with Crippen LogP contribution in [0.15, 0.2) is 18.2 Å². The van der Waals surface area contributed by atoms with Crippen LogP contribution < -0.4 is 15.6 Å². The van der Waals surface area contributed by atoms with Crippen LogP contribution in [-0.2, 0) is 9.84 Å². The number of carbonyl (C=O) groups is 1. The summed E-state index contributed by atoms with van der Waals surface area (Å²) in [6, 6.07) is 4.47. The van der Waals surface area contributed by atoms with E-state index in [-0.39, 0.29) is 29.2 Å². The summed E-state index contributed by atoms with van der Waals surface area (Å²) in [4.78, 5) is 13.0. The molecule has 0 bridgehead atoms. The fourth-order valence-corrected chi connectivity index (χ4v) is 5.10. The van der Waals surface area contributed by atoms with E-state index in [0.717, 1.165) is 31.2 Å². The van der Waals surface area contributed by atoms with E-state index in [1.165, 1.54) is 6.07 Å². The van der Waals surface area contributed by atoms with Crippen LogP contribution in [0.1, 0.15) is 50.5 Å². The third-order valence-corrected chi connectivity index (χ3v) is 7.25. The van der Waals surface area contributed by atoms with Gasteiger partial charge in [-0.2, -0.15) is 0 Å². The molecule has 1 aromatic rings. The van der Waals surface area contributed by atoms with E-state index in [0.29, 0.717) is 32.2 Å². The average Bonchev–Trinajstić information content (AvgIpc) is 3.41. The fraction of sp³-hybridized carbons (Fsp3) is 0.650. The molecule has 0 unspecified atom stereocenters. The molecular formula is C20H30FN3O4S. The summed E-state index contributed by atoms with van der Waals surface area (Å²) < 4.78 is 44.4. The molecule has 1 saturated heterocycles. The average molecular weight is 428 g/mol. The first-order valence-electron chi connectivity index (χ1n) is 10.2. The molecule has 1 aliphatic carbocycles. The zero-order valence-corrected chi connectivity index (χ0v) is 17.6. The van der Waals surface area contributed by atoms with Crippen molar-refractivity contribution < 1.29 is 22.3 Å². The molecule has 1 atom stereocenters. The number of hydrogen-bond acceptors (Lipinski definition) is 5. The zero-order valence-electron chi connectivity index (χ0n) is 16.8. The molecule has 3 rings (SSSR count). The van der Waals surface area contributed by atoms with Crippen LogP contribution in [0.3, 0.4) is 0 Å². The summed E-state index contributed by atoms with van der Waals surface area (Å²) in [5.74, 6) is 0.230. The second-order valence-corrected chi connectivity index (χ2v) is 10.3. The van der Waals surface area contributed by atoms with E-state index in [1.807, 2.05) is 6.92 Å². The van der Waals surface area contributed by atoms with Gasteiger partial charge in [-0.05, 0) is 55.2 Å². The Bertz CT molecular complexity index is 814. The van der Waals surface area contributed by atoms with Crippen molar-refractivity contribution in [2.24, 2.45) is 5.92 Å². The highest BCUT2D eigenvalue weighted by Gasteiger charge is 2.23. The summed E-state index contributed by atoms with van der Waals surface area (Å²) in [6.45, 7) is 3.43. The fourth-order valence-electron chi connectivity index (χ4n) is 3.33. The molecule has 7 nitrogen and oxygen atoms in total. The van der Waals surface area contributed by atoms with E-state index in [2.05, 4.69) is 10.9 Å². The lowest BCUT2D eigenvalue weighted by Gasteiger charge is -2.15. The van der Waals surface area contributed by atoms with E-state index in [1.54, 1.807) is 17.0 Å². The lowest BCUT2D eigenvalue weighted by atomic mass is 10.0. The number of rotatable bonds is 12. The lowest BCUT2D eigenvalue weighted by molar-refractivity contribution is 0.216. The number of unbranched alkanes of at least 4 members (excludes halogenated alkanes) is 2. The predicted octanol–water partition coefficient (Wildman–Crippen LogP) is 2.79. The standard InChI is InChI=1S/C20H30FN3O4S/c1-15(17-7-8-18(21)19(11-17)28-12-16-5-6-16)13-29(26,27)10-4-2-3-9-24-14-22-23-20(24)25/h7-8,11,15-16,22H,2-6,9-10,12-14H2,1H3,(H,23,25)/t15-/m0/s1. The van der Waals surface area contributed by atoms with Crippen LogP contribution >= 0.6 is 0 Å². The molecule has 1 aromatic carbocycles. The Morgan fingerprint density at radius 2 is 2.07 bits per heavy atom. The number of nitrogens with zero attached hydrogens (tertiary/aromatic N) is 1. The van der Waals surface area contributed by atoms with Crippen molar-refractivity contribution in [3.8, 4) is 5.75 Å². The van der Waals surface area contributed by atoms with Gasteiger partial charge in [0.15, 0.2) is 21.4 Å². The minimum absolute atomic E-state index is 0.0269. The quantitative estimate of drug-likeness (QED) is 0.501. The van der Waals surface area contributed by atoms with Gasteiger partial charge in [-0.3, -0.25) is 5.43 Å². The maximum atomic E-state index is 13.9. The highest BCUT2D eigenvalue weighted by Crippen LogP contribution is 2.31. The topological polar surface area (TPSA) is 87.7 Å². The second kappa shape index (κ2) is 9.75. The summed E-state index contributed by atoms with van der Waals surface area (Å²) >= 11 is 0. The molecule has 29 heavy (non-hydrogen) atoms. The SMILES string of the molecule is C[C@@H](CS(=O)(=O)CCCCCN1CNNC1=O)c1ccc(F)c(OCC2CC2)c1. The first kappa shape index (κ1) is 21.8. The Labute approximate surface area is 171 Å². The van der Waals surface area contributed by atoms with Crippen molar-refractivity contribution in [1.82, 2.24) is 15.8 Å². The van der Waals surface area contributed by atoms with Crippen molar-refractivity contribution in [2.45, 2.75) is 44.9 Å². The largest absolute Gasteiger partial charge is 0.490 e. The third kappa shape index (κ3) is 6.85. The Morgan fingerprint density at radius 1 is 1.28 bits per heavy atom. The van der Waals surface area contributed by atoms with Gasteiger partial charge in [0.05, 0.1) is 24.8 Å². The maximum absolute atomic E-state index is 13.9. The molecule has 2 fully saturated rings. The van der Waals surface area contributed by atoms with Gasteiger partial charge >= 0.3 is 6.03 Å². The van der Waals surface area contributed by atoms with Crippen LogP contribution in [0.4, 0.5) is 9.18 Å². The summed E-state index contributed by atoms with van der Waals surface area (Å²) in [5, 5.41) is 0. The number of halogens is 1. The minimum Gasteiger partial charge on any atom is -0.490 e. The minimum atomic E-state index is -3.22. The molecule has 1 heterocycles. The van der Waals surface area contributed by atoms with Gasteiger partial charge in [-0.25, -0.2) is 23.0 Å². The predicted molar refractivity (Wildman–Crippen MR) is 109 cm³/mol. The molecule has 2 aliphatic rings. The number of nitrogens with one attached hydrogen (secondary N) is 2. The van der Waals surface area contributed by atoms with Crippen molar-refractivity contribution in [3.63, 3.8) is 0 Å². The van der Waals surface area contributed by atoms with Gasteiger partial charge in [-0.1, -0.05) is 19.4 Å². The Hall–Kier alpha value is -1.87. The molecule has 9 heteroatoms. The van der Waals surface area contributed by atoms with Gasteiger partial charge in [-0.15, -0.1) is 0 Å². The van der Waals surface area contributed by atoms with Crippen LogP contribution in [0, 0.1) is 11.7 Å². The summed E-state index contributed by atoms with van der Waals surface area (Å²) in [7, 11) is -3.22. The Balaban J connectivity index is 1.42. The number of sulfone groups is 1. The van der Waals surface area contributed by atoms with E-state index in [9.17, 15) is 17.6 Å². The van der Waals surface area contributed by atoms with Gasteiger partial charge in [0.1, 0.15) is 0 Å². The molecule has 1 saturated carbocycles. The number of hydrazine groups is 1. The molecule has 2 amide bonds. The van der Waals surface area contributed by atoms with Gasteiger partial charge < -0.3 is 9.64 Å². The lowest BCUT2D eigenvalue weighted by Crippen LogP contribution is -2.29. The number of urea groups is 1. The van der Waals surface area contributed by atoms with E-state index in [4.69, 9.17) is 4.74 Å². The van der Waals surface area contributed by atoms with Crippen LogP contribution in [0.25, 0.3) is 0 Å². The molecule has 0 aromatic heterocycles. The molecule has 0 radical (unpaired) electrons. The number of hydrogen-bond donors (Lipinski definition) is 2. The normalized spacial score (nSPS) is 18.0. The van der Waals surface area contributed by atoms with Gasteiger partial charge in [0.2, 0.25) is 0 Å². The second-order valence-electron chi connectivity index (χ2n) is 8.05. The van der Waals surface area contributed by atoms with Crippen LogP contribution in [0.2, 0.25) is 0 Å². The number of benzene rings is 1. The highest BCUT2D eigenvalue weighted by molar-refractivity contribution is 7.91. The summed E-state index contributed by atoms with van der Waals surface area (Å²) in [5.41, 5.74) is 6.02. The van der Waals surface area contributed by atoms with E-state index >= 15 is 0 Å². The van der Waals surface area contributed by atoms with Gasteiger partial charge in [0, 0.05) is 6.54 Å². The summed E-state index contributed by atoms with van der Waals surface area (Å²) in [6.07, 6.45) is 4.32. The first-order valence-corrected chi connectivity index (χ1v) is 12.1. The number of carbonyl (C=O) groups excluding carboxylic acids is 1. The van der Waals surface area contributed by atoms with Crippen molar-refractivity contribution in [1.29, 1.82) is 0 Å². The van der Waals surface area contributed by atoms with Crippen LogP contribution in [-0.4, -0.2) is 50.7 Å². The molecule has 162 valence electrons. The molecule has 0 spiro atoms. The van der Waals surface area contributed by atoms with Crippen LogP contribution in [0.5, 0.6) is 5.75 Å². The molecule has 2 N–H and O–H groups in total. The molecular weight excluding hydrogens is 397 g/mol. The Kier molecular flexibility index (Phi) is 7.34.